The summed E-state index contributed by atoms with van der Waals surface area (Å²) in [6.07, 6.45) is 0. The summed E-state index contributed by atoms with van der Waals surface area (Å²) in [4.78, 5) is 16.6. The van der Waals surface area contributed by atoms with Crippen molar-refractivity contribution in [3.63, 3.8) is 0 Å². The maximum Gasteiger partial charge on any atom is 0.230 e. The number of nitriles is 1. The summed E-state index contributed by atoms with van der Waals surface area (Å²) in [5.41, 5.74) is 1.85. The van der Waals surface area contributed by atoms with Gasteiger partial charge >= 0.3 is 0 Å². The molecule has 0 radical (unpaired) electrons. The number of benzene rings is 1. The standard InChI is InChI=1S/C19H21N3O2S/c1-19(2,3)22-17(23)12-25-18-14(11-20)7-10-16(21-18)13-5-8-15(24-4)9-6-13/h5-10H,12H2,1-4H3,(H,22,23). The smallest absolute Gasteiger partial charge is 0.230 e. The van der Waals surface area contributed by atoms with Gasteiger partial charge in [0, 0.05) is 11.1 Å². The lowest BCUT2D eigenvalue weighted by molar-refractivity contribution is -0.119. The monoisotopic (exact) mass is 355 g/mol. The van der Waals surface area contributed by atoms with Crippen LogP contribution in [0.25, 0.3) is 11.3 Å². The van der Waals surface area contributed by atoms with Crippen LogP contribution in [0.1, 0.15) is 26.3 Å². The minimum atomic E-state index is -0.284. The third kappa shape index (κ3) is 5.50. The van der Waals surface area contributed by atoms with E-state index in [0.717, 1.165) is 17.0 Å². The fraction of sp³-hybridized carbons (Fsp3) is 0.316. The number of thioether (sulfide) groups is 1. The lowest BCUT2D eigenvalue weighted by Gasteiger charge is -2.20. The second kappa shape index (κ2) is 8.04. The Bertz CT molecular complexity index is 790. The number of amides is 1. The molecular weight excluding hydrogens is 334 g/mol. The number of pyridine rings is 1. The number of methoxy groups -OCH3 is 1. The number of rotatable bonds is 5. The maximum atomic E-state index is 12.0. The van der Waals surface area contributed by atoms with Crippen LogP contribution in [0, 0.1) is 11.3 Å². The Labute approximate surface area is 152 Å². The predicted molar refractivity (Wildman–Crippen MR) is 99.6 cm³/mol. The van der Waals surface area contributed by atoms with Crippen LogP contribution < -0.4 is 10.1 Å². The normalized spacial score (nSPS) is 10.8. The molecule has 0 unspecified atom stereocenters. The second-order valence-corrected chi connectivity index (χ2v) is 7.44. The number of ether oxygens (including phenoxy) is 1. The van der Waals surface area contributed by atoms with Gasteiger partial charge in [0.2, 0.25) is 5.91 Å². The highest BCUT2D eigenvalue weighted by Gasteiger charge is 2.15. The fourth-order valence-corrected chi connectivity index (χ4v) is 2.92. The number of carbonyl (C=O) groups is 1. The van der Waals surface area contributed by atoms with E-state index in [1.165, 1.54) is 11.8 Å². The van der Waals surface area contributed by atoms with Crippen LogP contribution in [0.3, 0.4) is 0 Å². The van der Waals surface area contributed by atoms with Crippen molar-refractivity contribution in [2.24, 2.45) is 0 Å². The molecule has 5 nitrogen and oxygen atoms in total. The highest BCUT2D eigenvalue weighted by atomic mass is 32.2. The zero-order chi connectivity index (χ0) is 18.4. The maximum absolute atomic E-state index is 12.0. The van der Waals surface area contributed by atoms with Gasteiger partial charge < -0.3 is 10.1 Å². The summed E-state index contributed by atoms with van der Waals surface area (Å²) in [7, 11) is 1.62. The van der Waals surface area contributed by atoms with Crippen LogP contribution in [0.4, 0.5) is 0 Å². The van der Waals surface area contributed by atoms with Crippen molar-refractivity contribution in [1.82, 2.24) is 10.3 Å². The van der Waals surface area contributed by atoms with E-state index in [9.17, 15) is 10.1 Å². The van der Waals surface area contributed by atoms with Gasteiger partial charge in [-0.05, 0) is 57.2 Å². The fourth-order valence-electron chi connectivity index (χ4n) is 2.15. The van der Waals surface area contributed by atoms with Crippen LogP contribution in [0.15, 0.2) is 41.4 Å². The van der Waals surface area contributed by atoms with Crippen molar-refractivity contribution < 1.29 is 9.53 Å². The summed E-state index contributed by atoms with van der Waals surface area (Å²) in [6.45, 7) is 5.79. The number of aromatic nitrogens is 1. The van der Waals surface area contributed by atoms with Gasteiger partial charge in [0.05, 0.1) is 24.1 Å². The minimum Gasteiger partial charge on any atom is -0.497 e. The molecule has 1 amide bonds. The molecule has 0 atom stereocenters. The first kappa shape index (κ1) is 18.8. The van der Waals surface area contributed by atoms with E-state index in [1.54, 1.807) is 19.2 Å². The van der Waals surface area contributed by atoms with Crippen LogP contribution in [-0.4, -0.2) is 29.3 Å². The van der Waals surface area contributed by atoms with Crippen LogP contribution in [0.2, 0.25) is 0 Å². The number of nitrogens with one attached hydrogen (secondary N) is 1. The van der Waals surface area contributed by atoms with E-state index in [2.05, 4.69) is 16.4 Å². The van der Waals surface area contributed by atoms with Crippen molar-refractivity contribution in [2.45, 2.75) is 31.3 Å². The zero-order valence-electron chi connectivity index (χ0n) is 14.8. The van der Waals surface area contributed by atoms with Crippen molar-refractivity contribution in [3.8, 4) is 23.1 Å². The Morgan fingerprint density at radius 3 is 2.48 bits per heavy atom. The third-order valence-electron chi connectivity index (χ3n) is 3.22. The molecule has 0 aliphatic heterocycles. The highest BCUT2D eigenvalue weighted by Crippen LogP contribution is 2.26. The first-order valence-electron chi connectivity index (χ1n) is 7.82. The van der Waals surface area contributed by atoms with Crippen molar-refractivity contribution in [1.29, 1.82) is 5.26 Å². The van der Waals surface area contributed by atoms with Crippen molar-refractivity contribution in [2.75, 3.05) is 12.9 Å². The van der Waals surface area contributed by atoms with Gasteiger partial charge in [-0.1, -0.05) is 11.8 Å². The number of hydrogen-bond donors (Lipinski definition) is 1. The molecule has 0 bridgehead atoms. The molecule has 0 aliphatic rings. The minimum absolute atomic E-state index is 0.0851. The topological polar surface area (TPSA) is 75.0 Å². The van der Waals surface area contributed by atoms with Crippen molar-refractivity contribution >= 4 is 17.7 Å². The summed E-state index contributed by atoms with van der Waals surface area (Å²) >= 11 is 1.27. The molecule has 2 aromatic rings. The third-order valence-corrected chi connectivity index (χ3v) is 4.21. The molecule has 0 fully saturated rings. The Hall–Kier alpha value is -2.52. The van der Waals surface area contributed by atoms with Gasteiger partial charge in [0.25, 0.3) is 0 Å². The lowest BCUT2D eigenvalue weighted by atomic mass is 10.1. The summed E-state index contributed by atoms with van der Waals surface area (Å²) in [6, 6.07) is 13.2. The molecule has 0 aliphatic carbocycles. The Balaban J connectivity index is 2.19. The van der Waals surface area contributed by atoms with Crippen molar-refractivity contribution in [3.05, 3.63) is 42.0 Å². The molecule has 0 saturated carbocycles. The zero-order valence-corrected chi connectivity index (χ0v) is 15.6. The van der Waals surface area contributed by atoms with Crippen LogP contribution in [0.5, 0.6) is 5.75 Å². The molecule has 1 aromatic carbocycles. The summed E-state index contributed by atoms with van der Waals surface area (Å²) < 4.78 is 5.16. The Kier molecular flexibility index (Phi) is 6.05. The first-order chi connectivity index (χ1) is 11.8. The lowest BCUT2D eigenvalue weighted by Crippen LogP contribution is -2.41. The second-order valence-electron chi connectivity index (χ2n) is 6.48. The molecule has 25 heavy (non-hydrogen) atoms. The number of hydrogen-bond acceptors (Lipinski definition) is 5. The SMILES string of the molecule is COc1ccc(-c2ccc(C#N)c(SCC(=O)NC(C)(C)C)n2)cc1. The van der Waals surface area contributed by atoms with Gasteiger partial charge in [-0.3, -0.25) is 4.79 Å². The molecule has 130 valence electrons. The van der Waals surface area contributed by atoms with Gasteiger partial charge in [-0.15, -0.1) is 0 Å². The molecule has 6 heteroatoms. The van der Waals surface area contributed by atoms with E-state index in [-0.39, 0.29) is 17.2 Å². The summed E-state index contributed by atoms with van der Waals surface area (Å²) in [5.74, 6) is 0.897. The predicted octanol–water partition coefficient (Wildman–Crippen LogP) is 3.64. The van der Waals surface area contributed by atoms with E-state index in [0.29, 0.717) is 10.6 Å². The molecular formula is C19H21N3O2S. The van der Waals surface area contributed by atoms with Gasteiger partial charge in [0.15, 0.2) is 0 Å². The molecule has 0 saturated heterocycles. The largest absolute Gasteiger partial charge is 0.497 e. The van der Waals surface area contributed by atoms with Gasteiger partial charge in [-0.25, -0.2) is 4.98 Å². The van der Waals surface area contributed by atoms with Crippen LogP contribution in [-0.2, 0) is 4.79 Å². The molecule has 0 spiro atoms. The van der Waals surface area contributed by atoms with E-state index < -0.39 is 0 Å². The van der Waals surface area contributed by atoms with Gasteiger partial charge in [0.1, 0.15) is 16.8 Å². The highest BCUT2D eigenvalue weighted by molar-refractivity contribution is 8.00. The average molecular weight is 355 g/mol. The Morgan fingerprint density at radius 1 is 1.24 bits per heavy atom. The quantitative estimate of drug-likeness (QED) is 0.829. The molecule has 1 N–H and O–H groups in total. The van der Waals surface area contributed by atoms with E-state index in [1.807, 2.05) is 45.0 Å². The van der Waals surface area contributed by atoms with E-state index in [4.69, 9.17) is 4.74 Å². The van der Waals surface area contributed by atoms with E-state index >= 15 is 0 Å². The molecule has 2 rings (SSSR count). The Morgan fingerprint density at radius 2 is 1.92 bits per heavy atom. The molecule has 1 heterocycles. The van der Waals surface area contributed by atoms with Gasteiger partial charge in [-0.2, -0.15) is 5.26 Å². The summed E-state index contributed by atoms with van der Waals surface area (Å²) in [5, 5.41) is 12.7. The first-order valence-corrected chi connectivity index (χ1v) is 8.80. The number of nitrogens with zero attached hydrogens (tertiary/aromatic N) is 2. The molecule has 1 aromatic heterocycles. The van der Waals surface area contributed by atoms with Crippen LogP contribution >= 0.6 is 11.8 Å². The number of carbonyl (C=O) groups excluding carboxylic acids is 1. The average Bonchev–Trinajstić information content (AvgIpc) is 2.58.